The molecule has 0 aliphatic heterocycles. The summed E-state index contributed by atoms with van der Waals surface area (Å²) in [4.78, 5) is 0. The van der Waals surface area contributed by atoms with Crippen LogP contribution in [0.4, 0.5) is 8.78 Å². The minimum Gasteiger partial charge on any atom is -0.415 e. The predicted octanol–water partition coefficient (Wildman–Crippen LogP) is 2.16. The molecule has 0 aliphatic rings. The number of alkyl halides is 3. The molecule has 96 valence electrons. The third-order valence-corrected chi connectivity index (χ3v) is 2.58. The molecule has 0 spiro atoms. The van der Waals surface area contributed by atoms with Crippen molar-refractivity contribution in [3.8, 4) is 11.5 Å². The summed E-state index contributed by atoms with van der Waals surface area (Å²) in [7, 11) is 0. The molecule has 18 heavy (non-hydrogen) atoms. The van der Waals surface area contributed by atoms with E-state index in [1.54, 1.807) is 0 Å². The molecule has 0 saturated carbocycles. The minimum atomic E-state index is -2.82. The maximum absolute atomic E-state index is 12.2. The third-order valence-electron chi connectivity index (χ3n) is 2.13. The number of aromatic nitrogens is 2. The molecule has 1 aromatic heterocycles. The molecule has 1 aromatic carbocycles. The van der Waals surface area contributed by atoms with E-state index in [-0.39, 0.29) is 11.5 Å². The van der Waals surface area contributed by atoms with Gasteiger partial charge in [-0.15, -0.1) is 10.2 Å². The molecular weight excluding hydrogens is 314 g/mol. The van der Waals surface area contributed by atoms with E-state index in [2.05, 4.69) is 26.1 Å². The zero-order valence-electron chi connectivity index (χ0n) is 8.72. The highest BCUT2D eigenvalue weighted by molar-refractivity contribution is 9.09. The molecule has 1 heterocycles. The second-order valence-corrected chi connectivity index (χ2v) is 4.52. The molecule has 2 rings (SSSR count). The summed E-state index contributed by atoms with van der Waals surface area (Å²) >= 11 is 2.65. The lowest BCUT2D eigenvalue weighted by molar-refractivity contribution is -0.0741. The first-order chi connectivity index (χ1) is 8.38. The van der Waals surface area contributed by atoms with Crippen LogP contribution in [0.25, 0.3) is 11.5 Å². The van der Waals surface area contributed by atoms with Gasteiger partial charge in [-0.05, 0) is 28.1 Å². The van der Waals surface area contributed by atoms with Gasteiger partial charge < -0.3 is 14.6 Å². The average molecular weight is 321 g/mol. The maximum atomic E-state index is 12.2. The summed E-state index contributed by atoms with van der Waals surface area (Å²) in [6, 6.07) is 5.66. The van der Waals surface area contributed by atoms with Crippen LogP contribution in [-0.2, 0) is 4.70 Å². The highest BCUT2D eigenvalue weighted by Gasteiger charge is 2.21. The fourth-order valence-electron chi connectivity index (χ4n) is 1.26. The Morgan fingerprint density at radius 2 is 1.78 bits per heavy atom. The van der Waals surface area contributed by atoms with Gasteiger partial charge in [-0.3, -0.25) is 0 Å². The smallest absolute Gasteiger partial charge is 0.314 e. The number of rotatable bonds is 3. The number of halogens is 3. The second-order valence-electron chi connectivity index (χ2n) is 3.41. The molecule has 0 bridgehead atoms. The highest BCUT2D eigenvalue weighted by atomic mass is 79.9. The first kappa shape index (κ1) is 13.1. The SMILES string of the molecule is OC(O)(Br)c1ccc(-c2nnc(C(F)F)o2)cc1. The lowest BCUT2D eigenvalue weighted by Crippen LogP contribution is -2.14. The van der Waals surface area contributed by atoms with Crippen LogP contribution in [-0.4, -0.2) is 20.4 Å². The van der Waals surface area contributed by atoms with Crippen LogP contribution >= 0.6 is 15.9 Å². The van der Waals surface area contributed by atoms with Gasteiger partial charge in [0.1, 0.15) is 0 Å². The zero-order chi connectivity index (χ0) is 13.3. The average Bonchev–Trinajstić information content (AvgIpc) is 2.77. The van der Waals surface area contributed by atoms with Gasteiger partial charge in [0.25, 0.3) is 5.89 Å². The molecule has 0 fully saturated rings. The monoisotopic (exact) mass is 320 g/mol. The van der Waals surface area contributed by atoms with E-state index >= 15 is 0 Å². The summed E-state index contributed by atoms with van der Waals surface area (Å²) in [5.41, 5.74) is 0.578. The number of nitrogens with zero attached hydrogens (tertiary/aromatic N) is 2. The van der Waals surface area contributed by atoms with Crippen LogP contribution in [0.1, 0.15) is 17.9 Å². The first-order valence-electron chi connectivity index (χ1n) is 4.74. The Morgan fingerprint density at radius 3 is 2.22 bits per heavy atom. The molecule has 0 unspecified atom stereocenters. The third kappa shape index (κ3) is 2.71. The van der Waals surface area contributed by atoms with E-state index in [0.717, 1.165) is 0 Å². The Hall–Kier alpha value is -1.38. The molecule has 0 radical (unpaired) electrons. The van der Waals surface area contributed by atoms with Crippen molar-refractivity contribution in [1.29, 1.82) is 0 Å². The van der Waals surface area contributed by atoms with Gasteiger partial charge in [0.15, 0.2) is 0 Å². The number of aliphatic hydroxyl groups is 2. The van der Waals surface area contributed by atoms with E-state index in [4.69, 9.17) is 4.42 Å². The Kier molecular flexibility index (Phi) is 3.42. The van der Waals surface area contributed by atoms with E-state index < -0.39 is 17.0 Å². The van der Waals surface area contributed by atoms with E-state index in [9.17, 15) is 19.0 Å². The topological polar surface area (TPSA) is 79.4 Å². The van der Waals surface area contributed by atoms with Crippen molar-refractivity contribution in [3.63, 3.8) is 0 Å². The van der Waals surface area contributed by atoms with Crippen LogP contribution in [0.15, 0.2) is 28.7 Å². The first-order valence-corrected chi connectivity index (χ1v) is 5.53. The van der Waals surface area contributed by atoms with Crippen molar-refractivity contribution in [1.82, 2.24) is 10.2 Å². The van der Waals surface area contributed by atoms with Crippen molar-refractivity contribution < 1.29 is 23.4 Å². The zero-order valence-corrected chi connectivity index (χ0v) is 10.3. The van der Waals surface area contributed by atoms with Crippen LogP contribution in [0.2, 0.25) is 0 Å². The van der Waals surface area contributed by atoms with Crippen LogP contribution in [0.5, 0.6) is 0 Å². The summed E-state index contributed by atoms with van der Waals surface area (Å²) in [6.07, 6.45) is -2.82. The summed E-state index contributed by atoms with van der Waals surface area (Å²) in [5.74, 6) is -0.818. The highest BCUT2D eigenvalue weighted by Crippen LogP contribution is 2.28. The van der Waals surface area contributed by atoms with E-state index in [0.29, 0.717) is 5.56 Å². The quantitative estimate of drug-likeness (QED) is 0.669. The van der Waals surface area contributed by atoms with Crippen molar-refractivity contribution in [2.75, 3.05) is 0 Å². The molecule has 0 saturated heterocycles. The van der Waals surface area contributed by atoms with Gasteiger partial charge in [-0.2, -0.15) is 8.78 Å². The summed E-state index contributed by atoms with van der Waals surface area (Å²) in [5, 5.41) is 25.2. The fourth-order valence-corrected chi connectivity index (χ4v) is 1.53. The second kappa shape index (κ2) is 4.71. The summed E-state index contributed by atoms with van der Waals surface area (Å²) < 4.78 is 27.1. The van der Waals surface area contributed by atoms with Crippen molar-refractivity contribution in [3.05, 3.63) is 35.7 Å². The van der Waals surface area contributed by atoms with Crippen LogP contribution in [0.3, 0.4) is 0 Å². The Balaban J connectivity index is 2.29. The molecule has 0 atom stereocenters. The van der Waals surface area contributed by atoms with Gasteiger partial charge >= 0.3 is 6.43 Å². The van der Waals surface area contributed by atoms with Gasteiger partial charge in [0, 0.05) is 11.1 Å². The molecular formula is C10H7BrF2N2O3. The Labute approximate surface area is 108 Å². The maximum Gasteiger partial charge on any atom is 0.314 e. The molecule has 0 amide bonds. The number of hydrogen-bond donors (Lipinski definition) is 2. The molecule has 0 aliphatic carbocycles. The molecule has 2 aromatic rings. The van der Waals surface area contributed by atoms with Crippen LogP contribution < -0.4 is 0 Å². The Bertz CT molecular complexity index is 537. The van der Waals surface area contributed by atoms with Gasteiger partial charge in [-0.1, -0.05) is 12.1 Å². The van der Waals surface area contributed by atoms with Gasteiger partial charge in [-0.25, -0.2) is 0 Å². The van der Waals surface area contributed by atoms with Gasteiger partial charge in [0.2, 0.25) is 10.6 Å². The molecule has 2 N–H and O–H groups in total. The molecule has 8 heteroatoms. The Morgan fingerprint density at radius 1 is 1.17 bits per heavy atom. The number of hydrogen-bond acceptors (Lipinski definition) is 5. The molecule has 5 nitrogen and oxygen atoms in total. The minimum absolute atomic E-state index is 0.0621. The van der Waals surface area contributed by atoms with Crippen molar-refractivity contribution in [2.45, 2.75) is 11.1 Å². The lowest BCUT2D eigenvalue weighted by atomic mass is 10.1. The predicted molar refractivity (Wildman–Crippen MR) is 59.7 cm³/mol. The van der Waals surface area contributed by atoms with Crippen molar-refractivity contribution in [2.24, 2.45) is 0 Å². The largest absolute Gasteiger partial charge is 0.415 e. The van der Waals surface area contributed by atoms with Crippen LogP contribution in [0, 0.1) is 0 Å². The number of benzene rings is 1. The van der Waals surface area contributed by atoms with Crippen molar-refractivity contribution >= 4 is 15.9 Å². The standard InChI is InChI=1S/C10H7BrF2N2O3/c11-10(16,17)6-3-1-5(2-4-6)8-14-15-9(18-8)7(12)13/h1-4,7,16-17H. The van der Waals surface area contributed by atoms with E-state index in [1.807, 2.05) is 0 Å². The van der Waals surface area contributed by atoms with Gasteiger partial charge in [0.05, 0.1) is 0 Å². The summed E-state index contributed by atoms with van der Waals surface area (Å²) in [6.45, 7) is 0. The fraction of sp³-hybridized carbons (Fsp3) is 0.200. The van der Waals surface area contributed by atoms with E-state index in [1.165, 1.54) is 24.3 Å². The normalized spacial score (nSPS) is 12.1. The lowest BCUT2D eigenvalue weighted by Gasteiger charge is -2.13.